The van der Waals surface area contributed by atoms with Crippen molar-refractivity contribution in [1.82, 2.24) is 9.78 Å². The van der Waals surface area contributed by atoms with Crippen molar-refractivity contribution in [3.63, 3.8) is 0 Å². The van der Waals surface area contributed by atoms with Gasteiger partial charge in [0.25, 0.3) is 5.69 Å². The summed E-state index contributed by atoms with van der Waals surface area (Å²) in [7, 11) is 0. The molecule has 0 saturated heterocycles. The van der Waals surface area contributed by atoms with Gasteiger partial charge in [0.15, 0.2) is 5.69 Å². The third-order valence-electron chi connectivity index (χ3n) is 5.46. The van der Waals surface area contributed by atoms with Gasteiger partial charge in [0, 0.05) is 36.7 Å². The van der Waals surface area contributed by atoms with Crippen molar-refractivity contribution in [2.45, 2.75) is 51.7 Å². The molecule has 1 aromatic heterocycles. The molecule has 0 bridgehead atoms. The van der Waals surface area contributed by atoms with Crippen LogP contribution in [0, 0.1) is 24.0 Å². The summed E-state index contributed by atoms with van der Waals surface area (Å²) in [5.41, 5.74) is 1.26. The molecule has 11 heteroatoms. The predicted octanol–water partition coefficient (Wildman–Crippen LogP) is 6.13. The van der Waals surface area contributed by atoms with Crippen LogP contribution in [0.3, 0.4) is 0 Å². The lowest BCUT2D eigenvalue weighted by Gasteiger charge is -2.11. The number of nitrogens with one attached hydrogen (secondary N) is 1. The van der Waals surface area contributed by atoms with Crippen LogP contribution in [0.15, 0.2) is 42.5 Å². The van der Waals surface area contributed by atoms with Crippen molar-refractivity contribution in [3.8, 4) is 11.5 Å². The summed E-state index contributed by atoms with van der Waals surface area (Å²) >= 11 is 0. The van der Waals surface area contributed by atoms with Gasteiger partial charge in [-0.15, -0.1) is 0 Å². The van der Waals surface area contributed by atoms with Crippen LogP contribution in [0.1, 0.15) is 47.7 Å². The summed E-state index contributed by atoms with van der Waals surface area (Å²) in [5, 5.41) is 17.6. The molecule has 184 valence electrons. The number of anilines is 1. The summed E-state index contributed by atoms with van der Waals surface area (Å²) in [5.74, 6) is 0.154. The third-order valence-corrected chi connectivity index (χ3v) is 5.46. The second-order valence-electron chi connectivity index (χ2n) is 8.65. The van der Waals surface area contributed by atoms with E-state index in [0.29, 0.717) is 11.4 Å². The zero-order valence-corrected chi connectivity index (χ0v) is 19.1. The molecule has 3 aromatic rings. The normalized spacial score (nSPS) is 13.5. The van der Waals surface area contributed by atoms with Crippen molar-refractivity contribution >= 4 is 17.3 Å². The standard InChI is InChI=1S/C24H23F3N4O4/c1-14-7-15(2)9-19(8-14)35-20-11-17(10-18(12-20)31(33)34)28-23(32)5-6-30-21(16-3-4-16)13-22(29-30)24(25,26)27/h7-13,16H,3-6H2,1-2H3,(H,28,32). The fourth-order valence-corrected chi connectivity index (χ4v) is 3.84. The maximum absolute atomic E-state index is 13.1. The average molecular weight is 488 g/mol. The highest BCUT2D eigenvalue weighted by Gasteiger charge is 2.37. The van der Waals surface area contributed by atoms with Crippen molar-refractivity contribution in [1.29, 1.82) is 0 Å². The third kappa shape index (κ3) is 6.17. The first kappa shape index (κ1) is 24.2. The van der Waals surface area contributed by atoms with E-state index in [1.54, 1.807) is 12.1 Å². The number of nitrogens with zero attached hydrogens (tertiary/aromatic N) is 3. The number of carbonyl (C=O) groups excluding carboxylic acids is 1. The highest BCUT2D eigenvalue weighted by Crippen LogP contribution is 2.42. The molecule has 0 radical (unpaired) electrons. The lowest BCUT2D eigenvalue weighted by Crippen LogP contribution is -2.16. The second kappa shape index (κ2) is 9.40. The quantitative estimate of drug-likeness (QED) is 0.304. The lowest BCUT2D eigenvalue weighted by molar-refractivity contribution is -0.384. The molecule has 35 heavy (non-hydrogen) atoms. The van der Waals surface area contributed by atoms with E-state index in [2.05, 4.69) is 10.4 Å². The Balaban J connectivity index is 1.48. The summed E-state index contributed by atoms with van der Waals surface area (Å²) in [6.45, 7) is 3.74. The minimum Gasteiger partial charge on any atom is -0.457 e. The molecule has 0 aliphatic heterocycles. The van der Waals surface area contributed by atoms with Crippen molar-refractivity contribution in [2.75, 3.05) is 5.32 Å². The number of rotatable bonds is 8. The van der Waals surface area contributed by atoms with Gasteiger partial charge >= 0.3 is 6.18 Å². The largest absolute Gasteiger partial charge is 0.457 e. The minimum absolute atomic E-state index is 0.0170. The van der Waals surface area contributed by atoms with Crippen molar-refractivity contribution in [3.05, 3.63) is 75.1 Å². The van der Waals surface area contributed by atoms with Gasteiger partial charge in [-0.2, -0.15) is 18.3 Å². The molecular weight excluding hydrogens is 465 g/mol. The van der Waals surface area contributed by atoms with Crippen LogP contribution in [0.5, 0.6) is 11.5 Å². The van der Waals surface area contributed by atoms with Crippen molar-refractivity contribution in [2.24, 2.45) is 0 Å². The molecule has 1 amide bonds. The zero-order valence-electron chi connectivity index (χ0n) is 19.1. The zero-order chi connectivity index (χ0) is 25.3. The number of amides is 1. The highest BCUT2D eigenvalue weighted by atomic mass is 19.4. The molecule has 1 aliphatic carbocycles. The first-order chi connectivity index (χ1) is 16.5. The molecule has 1 saturated carbocycles. The summed E-state index contributed by atoms with van der Waals surface area (Å²) in [6.07, 6.45) is -3.15. The number of hydrogen-bond donors (Lipinski definition) is 1. The van der Waals surface area contributed by atoms with Gasteiger partial charge < -0.3 is 10.1 Å². The fourth-order valence-electron chi connectivity index (χ4n) is 3.84. The fraction of sp³-hybridized carbons (Fsp3) is 0.333. The Bertz CT molecular complexity index is 1260. The number of non-ortho nitro benzene ring substituents is 1. The molecule has 8 nitrogen and oxygen atoms in total. The van der Waals surface area contributed by atoms with E-state index in [9.17, 15) is 28.1 Å². The highest BCUT2D eigenvalue weighted by molar-refractivity contribution is 5.91. The van der Waals surface area contributed by atoms with Gasteiger partial charge in [-0.05, 0) is 56.0 Å². The van der Waals surface area contributed by atoms with Crippen LogP contribution < -0.4 is 10.1 Å². The Morgan fingerprint density at radius 2 is 1.77 bits per heavy atom. The Labute approximate surface area is 198 Å². The maximum atomic E-state index is 13.1. The van der Waals surface area contributed by atoms with Crippen LogP contribution in [-0.4, -0.2) is 20.6 Å². The number of aromatic nitrogens is 2. The Hall–Kier alpha value is -3.89. The molecule has 2 aromatic carbocycles. The van der Waals surface area contributed by atoms with E-state index in [4.69, 9.17) is 4.74 Å². The van der Waals surface area contributed by atoms with Crippen molar-refractivity contribution < 1.29 is 27.6 Å². The number of ether oxygens (including phenoxy) is 1. The SMILES string of the molecule is Cc1cc(C)cc(Oc2cc(NC(=O)CCn3nc(C(F)(F)F)cc3C3CC3)cc([N+](=O)[O-])c2)c1. The molecular formula is C24H23F3N4O4. The van der Waals surface area contributed by atoms with E-state index in [-0.39, 0.29) is 36.0 Å². The number of halogens is 3. The summed E-state index contributed by atoms with van der Waals surface area (Å²) in [4.78, 5) is 23.3. The Kier molecular flexibility index (Phi) is 6.51. The van der Waals surface area contributed by atoms with E-state index in [1.165, 1.54) is 22.9 Å². The Morgan fingerprint density at radius 3 is 2.37 bits per heavy atom. The van der Waals surface area contributed by atoms with Crippen LogP contribution in [-0.2, 0) is 17.5 Å². The first-order valence-corrected chi connectivity index (χ1v) is 11.0. The Morgan fingerprint density at radius 1 is 1.11 bits per heavy atom. The summed E-state index contributed by atoms with van der Waals surface area (Å²) < 4.78 is 46.2. The molecule has 0 unspecified atom stereocenters. The molecule has 0 spiro atoms. The van der Waals surface area contributed by atoms with E-state index in [1.807, 2.05) is 19.9 Å². The summed E-state index contributed by atoms with van der Waals surface area (Å²) in [6, 6.07) is 10.4. The predicted molar refractivity (Wildman–Crippen MR) is 122 cm³/mol. The molecule has 1 N–H and O–H groups in total. The van der Waals surface area contributed by atoms with E-state index >= 15 is 0 Å². The lowest BCUT2D eigenvalue weighted by atomic mass is 10.1. The van der Waals surface area contributed by atoms with Crippen LogP contribution in [0.2, 0.25) is 0 Å². The van der Waals surface area contributed by atoms with E-state index < -0.39 is 22.7 Å². The number of aryl methyl sites for hydroxylation is 3. The minimum atomic E-state index is -4.56. The van der Waals surface area contributed by atoms with E-state index in [0.717, 1.165) is 30.0 Å². The van der Waals surface area contributed by atoms with Gasteiger partial charge in [-0.1, -0.05) is 6.07 Å². The maximum Gasteiger partial charge on any atom is 0.435 e. The molecule has 0 atom stereocenters. The van der Waals surface area contributed by atoms with Crippen LogP contribution in [0.4, 0.5) is 24.5 Å². The molecule has 1 heterocycles. The molecule has 1 aliphatic rings. The van der Waals surface area contributed by atoms with Gasteiger partial charge in [0.05, 0.1) is 16.7 Å². The number of carbonyl (C=O) groups is 1. The van der Waals surface area contributed by atoms with Gasteiger partial charge in [0.1, 0.15) is 11.5 Å². The molecule has 1 fully saturated rings. The smallest absolute Gasteiger partial charge is 0.435 e. The number of alkyl halides is 3. The van der Waals surface area contributed by atoms with Crippen LogP contribution in [0.25, 0.3) is 0 Å². The second-order valence-corrected chi connectivity index (χ2v) is 8.65. The van der Waals surface area contributed by atoms with Crippen LogP contribution >= 0.6 is 0 Å². The number of hydrogen-bond acceptors (Lipinski definition) is 5. The number of benzene rings is 2. The number of nitro groups is 1. The number of nitro benzene ring substituents is 1. The first-order valence-electron chi connectivity index (χ1n) is 11.0. The molecule has 4 rings (SSSR count). The monoisotopic (exact) mass is 488 g/mol. The van der Waals surface area contributed by atoms with Gasteiger partial charge in [0.2, 0.25) is 5.91 Å². The van der Waals surface area contributed by atoms with Gasteiger partial charge in [-0.25, -0.2) is 0 Å². The average Bonchev–Trinajstić information content (AvgIpc) is 3.49. The topological polar surface area (TPSA) is 99.3 Å². The van der Waals surface area contributed by atoms with Gasteiger partial charge in [-0.3, -0.25) is 19.6 Å².